The first-order chi connectivity index (χ1) is 8.89. The van der Waals surface area contributed by atoms with E-state index in [9.17, 15) is 18.0 Å². The second-order valence-corrected chi connectivity index (χ2v) is 5.75. The van der Waals surface area contributed by atoms with E-state index in [1.54, 1.807) is 0 Å². The van der Waals surface area contributed by atoms with E-state index in [1.165, 1.54) is 0 Å². The van der Waals surface area contributed by atoms with E-state index < -0.39 is 23.9 Å². The van der Waals surface area contributed by atoms with Gasteiger partial charge in [0.25, 0.3) is 0 Å². The first kappa shape index (κ1) is 14.6. The van der Waals surface area contributed by atoms with Crippen LogP contribution in [0.1, 0.15) is 44.9 Å². The summed E-state index contributed by atoms with van der Waals surface area (Å²) in [4.78, 5) is 12.1. The molecule has 0 aromatic carbocycles. The van der Waals surface area contributed by atoms with Gasteiger partial charge in [-0.25, -0.2) is 0 Å². The number of nitrogens with two attached hydrogens (primary N) is 1. The third-order valence-electron chi connectivity index (χ3n) is 4.42. The summed E-state index contributed by atoms with van der Waals surface area (Å²) in [7, 11) is 0. The number of hydrogen-bond acceptors (Lipinski definition) is 2. The van der Waals surface area contributed by atoms with Crippen LogP contribution in [0.15, 0.2) is 0 Å². The molecule has 2 saturated carbocycles. The Morgan fingerprint density at radius 1 is 1.05 bits per heavy atom. The quantitative estimate of drug-likeness (QED) is 0.814. The van der Waals surface area contributed by atoms with Crippen molar-refractivity contribution >= 4 is 5.91 Å². The molecular weight excluding hydrogens is 257 g/mol. The maximum absolute atomic E-state index is 12.9. The number of amides is 1. The number of hydrogen-bond donors (Lipinski definition) is 2. The lowest BCUT2D eigenvalue weighted by Gasteiger charge is -2.33. The molecule has 19 heavy (non-hydrogen) atoms. The van der Waals surface area contributed by atoms with Gasteiger partial charge in [0.05, 0.1) is 5.92 Å². The van der Waals surface area contributed by atoms with Gasteiger partial charge in [-0.3, -0.25) is 4.79 Å². The van der Waals surface area contributed by atoms with E-state index in [0.29, 0.717) is 19.3 Å². The third kappa shape index (κ3) is 3.41. The highest BCUT2D eigenvalue weighted by Crippen LogP contribution is 2.41. The number of carbonyl (C=O) groups excluding carboxylic acids is 1. The maximum Gasteiger partial charge on any atom is 0.392 e. The lowest BCUT2D eigenvalue weighted by Crippen LogP contribution is -2.49. The Bertz CT molecular complexity index is 332. The second kappa shape index (κ2) is 5.69. The van der Waals surface area contributed by atoms with Crippen LogP contribution < -0.4 is 11.1 Å². The van der Waals surface area contributed by atoms with Gasteiger partial charge in [-0.15, -0.1) is 0 Å². The van der Waals surface area contributed by atoms with Crippen molar-refractivity contribution in [2.45, 2.75) is 63.2 Å². The van der Waals surface area contributed by atoms with Crippen molar-refractivity contribution in [1.29, 1.82) is 0 Å². The standard InChI is InChI=1S/C13H21F3N2O/c14-13(15,16)9-5-2-1-4-8(9)12(19)18-11-7-3-6-10(11)17/h8-11H,1-7,17H2,(H,18,19). The lowest BCUT2D eigenvalue weighted by atomic mass is 9.78. The number of halogens is 3. The highest BCUT2D eigenvalue weighted by atomic mass is 19.4. The summed E-state index contributed by atoms with van der Waals surface area (Å²) in [6.45, 7) is 0. The molecule has 0 aromatic rings. The van der Waals surface area contributed by atoms with Crippen molar-refractivity contribution in [2.24, 2.45) is 17.6 Å². The van der Waals surface area contributed by atoms with Crippen molar-refractivity contribution in [3.05, 3.63) is 0 Å². The summed E-state index contributed by atoms with van der Waals surface area (Å²) >= 11 is 0. The molecule has 4 atom stereocenters. The minimum Gasteiger partial charge on any atom is -0.352 e. The van der Waals surface area contributed by atoms with Crippen molar-refractivity contribution in [2.75, 3.05) is 0 Å². The molecule has 0 radical (unpaired) electrons. The molecule has 110 valence electrons. The second-order valence-electron chi connectivity index (χ2n) is 5.75. The first-order valence-electron chi connectivity index (χ1n) is 7.02. The first-order valence-corrected chi connectivity index (χ1v) is 7.02. The summed E-state index contributed by atoms with van der Waals surface area (Å²) in [6, 6.07) is -0.264. The molecule has 0 heterocycles. The van der Waals surface area contributed by atoms with E-state index in [0.717, 1.165) is 19.3 Å². The molecule has 2 aliphatic carbocycles. The van der Waals surface area contributed by atoms with Crippen LogP contribution in [-0.4, -0.2) is 24.2 Å². The normalized spacial score (nSPS) is 36.2. The Morgan fingerprint density at radius 3 is 2.32 bits per heavy atom. The van der Waals surface area contributed by atoms with Crippen LogP contribution in [0.5, 0.6) is 0 Å². The predicted octanol–water partition coefficient (Wildman–Crippen LogP) is 2.35. The predicted molar refractivity (Wildman–Crippen MR) is 65.3 cm³/mol. The summed E-state index contributed by atoms with van der Waals surface area (Å²) in [6.07, 6.45) is -0.0944. The van der Waals surface area contributed by atoms with E-state index in [1.807, 2.05) is 0 Å². The average molecular weight is 278 g/mol. The van der Waals surface area contributed by atoms with Crippen molar-refractivity contribution in [3.8, 4) is 0 Å². The fraction of sp³-hybridized carbons (Fsp3) is 0.923. The minimum atomic E-state index is -4.28. The van der Waals surface area contributed by atoms with Gasteiger partial charge in [-0.05, 0) is 32.1 Å². The molecular formula is C13H21F3N2O. The zero-order valence-corrected chi connectivity index (χ0v) is 10.9. The summed E-state index contributed by atoms with van der Waals surface area (Å²) in [5.74, 6) is -2.87. The van der Waals surface area contributed by atoms with Crippen LogP contribution in [-0.2, 0) is 4.79 Å². The maximum atomic E-state index is 12.9. The highest BCUT2D eigenvalue weighted by Gasteiger charge is 2.48. The van der Waals surface area contributed by atoms with E-state index >= 15 is 0 Å². The van der Waals surface area contributed by atoms with Crippen molar-refractivity contribution < 1.29 is 18.0 Å². The van der Waals surface area contributed by atoms with Gasteiger partial charge in [0.2, 0.25) is 5.91 Å². The topological polar surface area (TPSA) is 55.1 Å². The molecule has 2 rings (SSSR count). The van der Waals surface area contributed by atoms with Crippen molar-refractivity contribution in [1.82, 2.24) is 5.32 Å². The zero-order valence-electron chi connectivity index (χ0n) is 10.9. The molecule has 0 aliphatic heterocycles. The van der Waals surface area contributed by atoms with Gasteiger partial charge < -0.3 is 11.1 Å². The molecule has 1 amide bonds. The molecule has 2 fully saturated rings. The Hall–Kier alpha value is -0.780. The molecule has 4 unspecified atom stereocenters. The number of nitrogens with one attached hydrogen (secondary N) is 1. The minimum absolute atomic E-state index is 0.0678. The Labute approximate surface area is 111 Å². The molecule has 3 nitrogen and oxygen atoms in total. The van der Waals surface area contributed by atoms with Gasteiger partial charge >= 0.3 is 6.18 Å². The van der Waals surface area contributed by atoms with Gasteiger partial charge in [0, 0.05) is 18.0 Å². The Balaban J connectivity index is 1.99. The van der Waals surface area contributed by atoms with Gasteiger partial charge in [0.15, 0.2) is 0 Å². The monoisotopic (exact) mass is 278 g/mol. The third-order valence-corrected chi connectivity index (χ3v) is 4.42. The average Bonchev–Trinajstić information content (AvgIpc) is 2.74. The Morgan fingerprint density at radius 2 is 1.74 bits per heavy atom. The van der Waals surface area contributed by atoms with Crippen LogP contribution >= 0.6 is 0 Å². The van der Waals surface area contributed by atoms with Crippen LogP contribution in [0, 0.1) is 11.8 Å². The number of alkyl halides is 3. The molecule has 3 N–H and O–H groups in total. The van der Waals surface area contributed by atoms with Gasteiger partial charge in [-0.2, -0.15) is 13.2 Å². The Kier molecular flexibility index (Phi) is 4.38. The van der Waals surface area contributed by atoms with E-state index in [2.05, 4.69) is 5.32 Å². The van der Waals surface area contributed by atoms with Crippen LogP contribution in [0.25, 0.3) is 0 Å². The summed E-state index contributed by atoms with van der Waals surface area (Å²) in [5, 5.41) is 2.74. The van der Waals surface area contributed by atoms with Crippen LogP contribution in [0.4, 0.5) is 13.2 Å². The SMILES string of the molecule is NC1CCCC1NC(=O)C1CCCCC1C(F)(F)F. The van der Waals surface area contributed by atoms with Crippen LogP contribution in [0.3, 0.4) is 0 Å². The van der Waals surface area contributed by atoms with Gasteiger partial charge in [-0.1, -0.05) is 12.8 Å². The van der Waals surface area contributed by atoms with E-state index in [4.69, 9.17) is 5.73 Å². The molecule has 2 aliphatic rings. The highest BCUT2D eigenvalue weighted by molar-refractivity contribution is 5.79. The molecule has 0 saturated heterocycles. The summed E-state index contributed by atoms with van der Waals surface area (Å²) < 4.78 is 38.8. The van der Waals surface area contributed by atoms with E-state index in [-0.39, 0.29) is 18.5 Å². The number of carbonyl (C=O) groups is 1. The fourth-order valence-corrected chi connectivity index (χ4v) is 3.29. The lowest BCUT2D eigenvalue weighted by molar-refractivity contribution is -0.198. The largest absolute Gasteiger partial charge is 0.392 e. The molecule has 6 heteroatoms. The summed E-state index contributed by atoms with van der Waals surface area (Å²) in [5.41, 5.74) is 5.84. The zero-order chi connectivity index (χ0) is 14.0. The number of rotatable bonds is 2. The molecule has 0 bridgehead atoms. The molecule has 0 spiro atoms. The fourth-order valence-electron chi connectivity index (χ4n) is 3.29. The van der Waals surface area contributed by atoms with Crippen LogP contribution in [0.2, 0.25) is 0 Å². The smallest absolute Gasteiger partial charge is 0.352 e. The van der Waals surface area contributed by atoms with Gasteiger partial charge in [0.1, 0.15) is 0 Å². The molecule has 0 aromatic heterocycles. The van der Waals surface area contributed by atoms with Crippen molar-refractivity contribution in [3.63, 3.8) is 0 Å².